The van der Waals surface area contributed by atoms with E-state index in [1.807, 2.05) is 4.90 Å². The van der Waals surface area contributed by atoms with Crippen molar-refractivity contribution in [2.75, 3.05) is 31.1 Å². The number of piperazine rings is 1. The van der Waals surface area contributed by atoms with Crippen LogP contribution in [0, 0.1) is 21.8 Å². The second-order valence-electron chi connectivity index (χ2n) is 7.88. The van der Waals surface area contributed by atoms with Gasteiger partial charge in [0.2, 0.25) is 5.91 Å². The van der Waals surface area contributed by atoms with Crippen molar-refractivity contribution in [3.05, 3.63) is 69.0 Å². The van der Waals surface area contributed by atoms with E-state index < -0.39 is 22.7 Å². The normalized spacial score (nSPS) is 14.9. The summed E-state index contributed by atoms with van der Waals surface area (Å²) in [5.74, 6) is -1.78. The van der Waals surface area contributed by atoms with Gasteiger partial charge in [0.15, 0.2) is 0 Å². The molecule has 1 atom stereocenters. The van der Waals surface area contributed by atoms with Gasteiger partial charge < -0.3 is 15.1 Å². The average molecular weight is 463 g/mol. The molecule has 0 spiro atoms. The maximum atomic E-state index is 13.9. The molecule has 1 heterocycles. The van der Waals surface area contributed by atoms with Crippen LogP contribution in [-0.2, 0) is 4.79 Å². The van der Waals surface area contributed by atoms with Crippen molar-refractivity contribution in [3.8, 4) is 0 Å². The van der Waals surface area contributed by atoms with Gasteiger partial charge in [-0.2, -0.15) is 0 Å². The first-order valence-electron chi connectivity index (χ1n) is 10.2. The Morgan fingerprint density at radius 1 is 1.12 bits per heavy atom. The second-order valence-corrected chi connectivity index (χ2v) is 8.31. The van der Waals surface area contributed by atoms with E-state index in [0.29, 0.717) is 31.9 Å². The molecule has 8 nitrogen and oxygen atoms in total. The Morgan fingerprint density at radius 2 is 1.78 bits per heavy atom. The van der Waals surface area contributed by atoms with Gasteiger partial charge >= 0.3 is 0 Å². The van der Waals surface area contributed by atoms with Gasteiger partial charge in [-0.3, -0.25) is 19.7 Å². The molecular formula is C22H24ClFN4O4. The Bertz CT molecular complexity index is 1020. The van der Waals surface area contributed by atoms with Gasteiger partial charge in [0.05, 0.1) is 10.5 Å². The molecule has 0 bridgehead atoms. The van der Waals surface area contributed by atoms with E-state index in [-0.39, 0.29) is 28.1 Å². The highest BCUT2D eigenvalue weighted by molar-refractivity contribution is 6.30. The lowest BCUT2D eigenvalue weighted by Crippen LogP contribution is -2.56. The van der Waals surface area contributed by atoms with Gasteiger partial charge in [0.1, 0.15) is 17.5 Å². The fourth-order valence-corrected chi connectivity index (χ4v) is 3.82. The van der Waals surface area contributed by atoms with E-state index in [9.17, 15) is 24.1 Å². The molecule has 1 unspecified atom stereocenters. The molecule has 170 valence electrons. The number of benzene rings is 2. The lowest BCUT2D eigenvalue weighted by Gasteiger charge is -2.38. The van der Waals surface area contributed by atoms with Crippen molar-refractivity contribution >= 4 is 34.8 Å². The van der Waals surface area contributed by atoms with Crippen LogP contribution >= 0.6 is 11.6 Å². The molecular weight excluding hydrogens is 439 g/mol. The number of halogens is 2. The first kappa shape index (κ1) is 23.5. The van der Waals surface area contributed by atoms with Crippen LogP contribution in [0.5, 0.6) is 0 Å². The van der Waals surface area contributed by atoms with Crippen LogP contribution in [0.25, 0.3) is 0 Å². The zero-order valence-corrected chi connectivity index (χ0v) is 18.5. The molecule has 0 aromatic heterocycles. The highest BCUT2D eigenvalue weighted by Crippen LogP contribution is 2.31. The summed E-state index contributed by atoms with van der Waals surface area (Å²) in [5.41, 5.74) is 0.236. The van der Waals surface area contributed by atoms with Crippen LogP contribution in [0.3, 0.4) is 0 Å². The van der Waals surface area contributed by atoms with Crippen molar-refractivity contribution in [2.45, 2.75) is 19.9 Å². The molecule has 1 aliphatic rings. The van der Waals surface area contributed by atoms with Crippen molar-refractivity contribution < 1.29 is 18.9 Å². The smallest absolute Gasteiger partial charge is 0.294 e. The first-order chi connectivity index (χ1) is 15.2. The predicted molar refractivity (Wildman–Crippen MR) is 119 cm³/mol. The fourth-order valence-electron chi connectivity index (χ4n) is 3.65. The summed E-state index contributed by atoms with van der Waals surface area (Å²) in [6, 6.07) is 9.28. The number of rotatable bonds is 6. The third kappa shape index (κ3) is 5.16. The number of amides is 2. The van der Waals surface area contributed by atoms with E-state index in [0.717, 1.165) is 0 Å². The number of nitrogens with one attached hydrogen (secondary N) is 1. The largest absolute Gasteiger partial charge is 0.362 e. The van der Waals surface area contributed by atoms with Gasteiger partial charge in [-0.05, 0) is 30.2 Å². The molecule has 2 aromatic carbocycles. The molecule has 1 N–H and O–H groups in total. The Balaban J connectivity index is 1.69. The average Bonchev–Trinajstić information content (AvgIpc) is 2.77. The Kier molecular flexibility index (Phi) is 7.29. The van der Waals surface area contributed by atoms with E-state index in [2.05, 4.69) is 5.32 Å². The number of carbonyl (C=O) groups excluding carboxylic acids is 2. The summed E-state index contributed by atoms with van der Waals surface area (Å²) in [5, 5.41) is 14.3. The molecule has 1 saturated heterocycles. The maximum Gasteiger partial charge on any atom is 0.294 e. The third-order valence-corrected chi connectivity index (χ3v) is 5.64. The van der Waals surface area contributed by atoms with Gasteiger partial charge in [-0.1, -0.05) is 37.6 Å². The van der Waals surface area contributed by atoms with Crippen LogP contribution in [0.1, 0.15) is 24.2 Å². The molecule has 0 radical (unpaired) electrons. The van der Waals surface area contributed by atoms with Gasteiger partial charge in [0, 0.05) is 37.3 Å². The van der Waals surface area contributed by atoms with Crippen LogP contribution in [-0.4, -0.2) is 53.9 Å². The lowest BCUT2D eigenvalue weighted by atomic mass is 10.0. The number of nitrogens with zero attached hydrogens (tertiary/aromatic N) is 3. The van der Waals surface area contributed by atoms with E-state index in [1.54, 1.807) is 36.9 Å². The Labute approximate surface area is 190 Å². The third-order valence-electron chi connectivity index (χ3n) is 5.40. The van der Waals surface area contributed by atoms with Crippen LogP contribution < -0.4 is 10.2 Å². The molecule has 1 fully saturated rings. The van der Waals surface area contributed by atoms with E-state index in [1.165, 1.54) is 24.3 Å². The number of nitro groups is 1. The van der Waals surface area contributed by atoms with Gasteiger partial charge in [-0.15, -0.1) is 0 Å². The lowest BCUT2D eigenvalue weighted by molar-refractivity contribution is -0.384. The standard InChI is InChI=1S/C22H24ClFN4O4/c1-14(2)20(25-21(29)16-5-3-4-6-17(16)24)22(30)27-11-9-26(10-12-27)18-8-7-15(23)13-19(18)28(31)32/h3-8,13-14,20H,9-12H2,1-2H3,(H,25,29). The first-order valence-corrected chi connectivity index (χ1v) is 10.6. The summed E-state index contributed by atoms with van der Waals surface area (Å²) in [6.07, 6.45) is 0. The van der Waals surface area contributed by atoms with Crippen LogP contribution in [0.4, 0.5) is 15.8 Å². The van der Waals surface area contributed by atoms with Gasteiger partial charge in [0.25, 0.3) is 11.6 Å². The minimum atomic E-state index is -0.821. The topological polar surface area (TPSA) is 95.8 Å². The molecule has 1 aliphatic heterocycles. The van der Waals surface area contributed by atoms with Crippen LogP contribution in [0.15, 0.2) is 42.5 Å². The Morgan fingerprint density at radius 3 is 2.38 bits per heavy atom. The molecule has 0 aliphatic carbocycles. The van der Waals surface area contributed by atoms with Crippen molar-refractivity contribution in [1.82, 2.24) is 10.2 Å². The number of hydrogen-bond acceptors (Lipinski definition) is 5. The second kappa shape index (κ2) is 9.95. The van der Waals surface area contributed by atoms with Gasteiger partial charge in [-0.25, -0.2) is 4.39 Å². The SMILES string of the molecule is CC(C)C(NC(=O)c1ccccc1F)C(=O)N1CCN(c2ccc(Cl)cc2[N+](=O)[O-])CC1. The number of nitro benzene ring substituents is 1. The zero-order chi connectivity index (χ0) is 23.4. The highest BCUT2D eigenvalue weighted by atomic mass is 35.5. The van der Waals surface area contributed by atoms with Crippen molar-refractivity contribution in [1.29, 1.82) is 0 Å². The number of carbonyl (C=O) groups is 2. The summed E-state index contributed by atoms with van der Waals surface area (Å²) in [6.45, 7) is 5.05. The summed E-state index contributed by atoms with van der Waals surface area (Å²) in [7, 11) is 0. The number of anilines is 1. The maximum absolute atomic E-state index is 13.9. The fraction of sp³-hybridized carbons (Fsp3) is 0.364. The molecule has 10 heteroatoms. The monoisotopic (exact) mass is 462 g/mol. The Hall–Kier alpha value is -3.20. The minimum absolute atomic E-state index is 0.0884. The molecule has 2 aromatic rings. The van der Waals surface area contributed by atoms with Crippen LogP contribution in [0.2, 0.25) is 5.02 Å². The molecule has 0 saturated carbocycles. The predicted octanol–water partition coefficient (Wildman–Crippen LogP) is 3.49. The van der Waals surface area contributed by atoms with E-state index in [4.69, 9.17) is 11.6 Å². The highest BCUT2D eigenvalue weighted by Gasteiger charge is 2.32. The summed E-state index contributed by atoms with van der Waals surface area (Å²) < 4.78 is 13.9. The molecule has 3 rings (SSSR count). The molecule has 32 heavy (non-hydrogen) atoms. The van der Waals surface area contributed by atoms with E-state index >= 15 is 0 Å². The zero-order valence-electron chi connectivity index (χ0n) is 17.8. The summed E-state index contributed by atoms with van der Waals surface area (Å²) in [4.78, 5) is 40.0. The van der Waals surface area contributed by atoms with Crippen molar-refractivity contribution in [3.63, 3.8) is 0 Å². The quantitative estimate of drug-likeness (QED) is 0.523. The minimum Gasteiger partial charge on any atom is -0.362 e. The summed E-state index contributed by atoms with van der Waals surface area (Å²) >= 11 is 5.89. The number of hydrogen-bond donors (Lipinski definition) is 1. The van der Waals surface area contributed by atoms with Crippen molar-refractivity contribution in [2.24, 2.45) is 5.92 Å². The molecule has 2 amide bonds.